The minimum absolute atomic E-state index is 0.135. The summed E-state index contributed by atoms with van der Waals surface area (Å²) in [6.45, 7) is 4.55. The van der Waals surface area contributed by atoms with Gasteiger partial charge in [-0.3, -0.25) is 19.7 Å². The molecule has 5 N–H and O–H groups in total. The molecule has 0 aromatic heterocycles. The van der Waals surface area contributed by atoms with Crippen LogP contribution in [0.2, 0.25) is 0 Å². The predicted molar refractivity (Wildman–Crippen MR) is 107 cm³/mol. The van der Waals surface area contributed by atoms with Crippen LogP contribution in [0.4, 0.5) is 10.1 Å². The van der Waals surface area contributed by atoms with Crippen molar-refractivity contribution in [1.82, 2.24) is 21.3 Å². The first kappa shape index (κ1) is 21.2. The van der Waals surface area contributed by atoms with Crippen molar-refractivity contribution in [1.29, 1.82) is 0 Å². The van der Waals surface area contributed by atoms with Gasteiger partial charge in [0.15, 0.2) is 0 Å². The smallest absolute Gasteiger partial charge is 0.254 e. The standard InChI is InChI=1S/C20H28FN5O3/c21-16-11-14(24-10-9-23-12-13-5-7-22-8-6-13)1-2-15(16)19(28)25-17-3-4-18(27)26-20(17)29/h1-2,11,13,17,22-24H,3-10,12H2,(H,25,28)(H,26,27,29)/t17-/m1/s1. The molecule has 1 aromatic carbocycles. The van der Waals surface area contributed by atoms with Crippen molar-refractivity contribution in [3.05, 3.63) is 29.6 Å². The van der Waals surface area contributed by atoms with Crippen molar-refractivity contribution in [2.45, 2.75) is 31.7 Å². The van der Waals surface area contributed by atoms with Crippen LogP contribution < -0.4 is 26.6 Å². The highest BCUT2D eigenvalue weighted by Crippen LogP contribution is 2.15. The van der Waals surface area contributed by atoms with Crippen molar-refractivity contribution in [2.24, 2.45) is 5.92 Å². The van der Waals surface area contributed by atoms with E-state index in [9.17, 15) is 18.8 Å². The number of hydrogen-bond acceptors (Lipinski definition) is 6. The zero-order valence-corrected chi connectivity index (χ0v) is 16.4. The number of carbonyl (C=O) groups is 3. The minimum atomic E-state index is -0.830. The van der Waals surface area contributed by atoms with Gasteiger partial charge in [0.25, 0.3) is 5.91 Å². The molecule has 0 spiro atoms. The molecule has 0 unspecified atom stereocenters. The normalized spacial score (nSPS) is 20.2. The van der Waals surface area contributed by atoms with Crippen molar-refractivity contribution in [2.75, 3.05) is 38.0 Å². The largest absolute Gasteiger partial charge is 0.384 e. The quantitative estimate of drug-likeness (QED) is 0.316. The highest BCUT2D eigenvalue weighted by atomic mass is 19.1. The van der Waals surface area contributed by atoms with Crippen molar-refractivity contribution < 1.29 is 18.8 Å². The van der Waals surface area contributed by atoms with Crippen LogP contribution in [0.5, 0.6) is 0 Å². The first-order chi connectivity index (χ1) is 14.0. The van der Waals surface area contributed by atoms with Crippen LogP contribution in [0.1, 0.15) is 36.0 Å². The Labute approximate surface area is 169 Å². The molecule has 29 heavy (non-hydrogen) atoms. The highest BCUT2D eigenvalue weighted by molar-refractivity contribution is 6.03. The maximum absolute atomic E-state index is 14.4. The summed E-state index contributed by atoms with van der Waals surface area (Å²) in [5, 5.41) is 14.5. The number of amides is 3. The lowest BCUT2D eigenvalue weighted by molar-refractivity contribution is -0.134. The van der Waals surface area contributed by atoms with Gasteiger partial charge in [0.1, 0.15) is 11.9 Å². The molecule has 0 saturated carbocycles. The Hall–Kier alpha value is -2.52. The monoisotopic (exact) mass is 405 g/mol. The van der Waals surface area contributed by atoms with Crippen LogP contribution in [-0.4, -0.2) is 56.5 Å². The molecular weight excluding hydrogens is 377 g/mol. The number of halogens is 1. The van der Waals surface area contributed by atoms with E-state index in [0.717, 1.165) is 26.2 Å². The van der Waals surface area contributed by atoms with E-state index in [1.807, 2.05) is 0 Å². The number of piperidine rings is 2. The third kappa shape index (κ3) is 6.23. The molecule has 2 aliphatic heterocycles. The summed E-state index contributed by atoms with van der Waals surface area (Å²) in [6, 6.07) is 3.46. The fourth-order valence-electron chi connectivity index (χ4n) is 3.56. The number of anilines is 1. The third-order valence-electron chi connectivity index (χ3n) is 5.28. The summed E-state index contributed by atoms with van der Waals surface area (Å²) in [7, 11) is 0. The maximum atomic E-state index is 14.4. The van der Waals surface area contributed by atoms with Gasteiger partial charge in [-0.15, -0.1) is 0 Å². The van der Waals surface area contributed by atoms with E-state index < -0.39 is 23.7 Å². The molecule has 158 valence electrons. The number of carbonyl (C=O) groups excluding carboxylic acids is 3. The van der Waals surface area contributed by atoms with Crippen LogP contribution >= 0.6 is 0 Å². The minimum Gasteiger partial charge on any atom is -0.384 e. The molecule has 2 fully saturated rings. The summed E-state index contributed by atoms with van der Waals surface area (Å²) in [5.74, 6) is -1.57. The average molecular weight is 405 g/mol. The van der Waals surface area contributed by atoms with Gasteiger partial charge in [-0.25, -0.2) is 4.39 Å². The van der Waals surface area contributed by atoms with Crippen LogP contribution in [0.3, 0.4) is 0 Å². The van der Waals surface area contributed by atoms with E-state index in [4.69, 9.17) is 0 Å². The average Bonchev–Trinajstić information content (AvgIpc) is 2.70. The fraction of sp³-hybridized carbons (Fsp3) is 0.550. The van der Waals surface area contributed by atoms with E-state index in [2.05, 4.69) is 26.6 Å². The third-order valence-corrected chi connectivity index (χ3v) is 5.28. The number of imide groups is 1. The molecule has 1 atom stereocenters. The van der Waals surface area contributed by atoms with E-state index in [0.29, 0.717) is 18.2 Å². The molecule has 9 heteroatoms. The fourth-order valence-corrected chi connectivity index (χ4v) is 3.56. The topological polar surface area (TPSA) is 111 Å². The zero-order chi connectivity index (χ0) is 20.6. The van der Waals surface area contributed by atoms with Gasteiger partial charge < -0.3 is 21.3 Å². The van der Waals surface area contributed by atoms with Crippen LogP contribution in [0.25, 0.3) is 0 Å². The zero-order valence-electron chi connectivity index (χ0n) is 16.4. The number of hydrogen-bond donors (Lipinski definition) is 5. The molecule has 8 nitrogen and oxygen atoms in total. The highest BCUT2D eigenvalue weighted by Gasteiger charge is 2.28. The lowest BCUT2D eigenvalue weighted by Gasteiger charge is -2.23. The maximum Gasteiger partial charge on any atom is 0.254 e. The lowest BCUT2D eigenvalue weighted by Crippen LogP contribution is -2.52. The summed E-state index contributed by atoms with van der Waals surface area (Å²) in [4.78, 5) is 35.1. The van der Waals surface area contributed by atoms with E-state index >= 15 is 0 Å². The molecule has 0 bridgehead atoms. The van der Waals surface area contributed by atoms with Crippen LogP contribution in [0, 0.1) is 11.7 Å². The Kier molecular flexibility index (Phi) is 7.54. The summed E-state index contributed by atoms with van der Waals surface area (Å²) >= 11 is 0. The van der Waals surface area contributed by atoms with Crippen molar-refractivity contribution >= 4 is 23.4 Å². The summed E-state index contributed by atoms with van der Waals surface area (Å²) in [5.41, 5.74) is 0.452. The lowest BCUT2D eigenvalue weighted by atomic mass is 9.98. The van der Waals surface area contributed by atoms with Gasteiger partial charge in [0.05, 0.1) is 5.56 Å². The number of nitrogens with one attached hydrogen (secondary N) is 5. The van der Waals surface area contributed by atoms with Gasteiger partial charge in [0, 0.05) is 25.2 Å². The second-order valence-corrected chi connectivity index (χ2v) is 7.50. The van der Waals surface area contributed by atoms with Gasteiger partial charge in [0.2, 0.25) is 11.8 Å². The van der Waals surface area contributed by atoms with Gasteiger partial charge in [-0.2, -0.15) is 0 Å². The van der Waals surface area contributed by atoms with Crippen molar-refractivity contribution in [3.8, 4) is 0 Å². The Morgan fingerprint density at radius 3 is 2.66 bits per heavy atom. The molecule has 1 aromatic rings. The molecular formula is C20H28FN5O3. The van der Waals surface area contributed by atoms with E-state index in [1.54, 1.807) is 6.07 Å². The van der Waals surface area contributed by atoms with Crippen LogP contribution in [-0.2, 0) is 9.59 Å². The van der Waals surface area contributed by atoms with Crippen LogP contribution in [0.15, 0.2) is 18.2 Å². The molecule has 3 rings (SSSR count). The molecule has 2 heterocycles. The van der Waals surface area contributed by atoms with Gasteiger partial charge in [-0.1, -0.05) is 0 Å². The molecule has 0 aliphatic carbocycles. The van der Waals surface area contributed by atoms with Crippen molar-refractivity contribution in [3.63, 3.8) is 0 Å². The second-order valence-electron chi connectivity index (χ2n) is 7.50. The molecule has 2 aliphatic rings. The molecule has 2 saturated heterocycles. The number of rotatable bonds is 8. The first-order valence-corrected chi connectivity index (χ1v) is 10.1. The summed E-state index contributed by atoms with van der Waals surface area (Å²) in [6.07, 6.45) is 2.73. The van der Waals surface area contributed by atoms with Gasteiger partial charge >= 0.3 is 0 Å². The Morgan fingerprint density at radius 1 is 1.14 bits per heavy atom. The Balaban J connectivity index is 1.42. The predicted octanol–water partition coefficient (Wildman–Crippen LogP) is 0.362. The molecule has 0 radical (unpaired) electrons. The Bertz CT molecular complexity index is 752. The van der Waals surface area contributed by atoms with E-state index in [-0.39, 0.29) is 24.3 Å². The SMILES string of the molecule is O=C1CC[C@@H](NC(=O)c2ccc(NCCNCC3CCNCC3)cc2F)C(=O)N1. The van der Waals surface area contributed by atoms with E-state index in [1.165, 1.54) is 25.0 Å². The van der Waals surface area contributed by atoms with Gasteiger partial charge in [-0.05, 0) is 63.0 Å². The first-order valence-electron chi connectivity index (χ1n) is 10.1. The molecule has 3 amide bonds. The Morgan fingerprint density at radius 2 is 1.93 bits per heavy atom. The number of benzene rings is 1. The summed E-state index contributed by atoms with van der Waals surface area (Å²) < 4.78 is 14.4. The second kappa shape index (κ2) is 10.3.